The van der Waals surface area contributed by atoms with E-state index in [0.29, 0.717) is 5.16 Å². The van der Waals surface area contributed by atoms with Crippen molar-refractivity contribution in [2.45, 2.75) is 44.8 Å². The van der Waals surface area contributed by atoms with Gasteiger partial charge in [-0.1, -0.05) is 37.2 Å². The van der Waals surface area contributed by atoms with E-state index in [-0.39, 0.29) is 17.7 Å². The van der Waals surface area contributed by atoms with Crippen LogP contribution in [0.4, 0.5) is 5.69 Å². The molecule has 2 rings (SSSR count). The van der Waals surface area contributed by atoms with Crippen molar-refractivity contribution in [2.75, 3.05) is 11.1 Å². The molecule has 0 saturated heterocycles. The third-order valence-electron chi connectivity index (χ3n) is 3.06. The minimum atomic E-state index is -0.0634. The zero-order valence-corrected chi connectivity index (χ0v) is 13.9. The number of nitrogens with zero attached hydrogens (tertiary/aromatic N) is 4. The molecule has 1 amide bonds. The highest BCUT2D eigenvalue weighted by Gasteiger charge is 2.12. The van der Waals surface area contributed by atoms with Crippen LogP contribution in [0.3, 0.4) is 0 Å². The van der Waals surface area contributed by atoms with E-state index in [2.05, 4.69) is 27.8 Å². The summed E-state index contributed by atoms with van der Waals surface area (Å²) < 4.78 is 1.71. The summed E-state index contributed by atoms with van der Waals surface area (Å²) in [6, 6.07) is 8.14. The predicted molar refractivity (Wildman–Crippen MR) is 88.0 cm³/mol. The first kappa shape index (κ1) is 16.5. The minimum Gasteiger partial charge on any atom is -0.325 e. The van der Waals surface area contributed by atoms with Crippen molar-refractivity contribution in [3.8, 4) is 0 Å². The number of nitrogens with one attached hydrogen (secondary N) is 1. The Kier molecular flexibility index (Phi) is 5.94. The zero-order chi connectivity index (χ0) is 15.9. The van der Waals surface area contributed by atoms with Gasteiger partial charge >= 0.3 is 0 Å². The normalized spacial score (nSPS) is 10.9. The number of anilines is 1. The molecular weight excluding hydrogens is 298 g/mol. The van der Waals surface area contributed by atoms with Crippen LogP contribution in [0.15, 0.2) is 29.4 Å². The largest absolute Gasteiger partial charge is 0.325 e. The van der Waals surface area contributed by atoms with Crippen molar-refractivity contribution < 1.29 is 4.79 Å². The molecule has 1 aromatic heterocycles. The Morgan fingerprint density at radius 1 is 1.32 bits per heavy atom. The highest BCUT2D eigenvalue weighted by atomic mass is 32.2. The fourth-order valence-electron chi connectivity index (χ4n) is 1.98. The highest BCUT2D eigenvalue weighted by molar-refractivity contribution is 7.99. The Balaban J connectivity index is 1.86. The fraction of sp³-hybridized carbons (Fsp3) is 0.467. The Bertz CT molecular complexity index is 609. The van der Waals surface area contributed by atoms with Crippen LogP contribution in [0.1, 0.15) is 38.8 Å². The summed E-state index contributed by atoms with van der Waals surface area (Å²) in [6.45, 7) is 6.15. The van der Waals surface area contributed by atoms with E-state index in [4.69, 9.17) is 0 Å². The second-order valence-electron chi connectivity index (χ2n) is 5.28. The number of aromatic nitrogens is 4. The molecule has 0 atom stereocenters. The van der Waals surface area contributed by atoms with Gasteiger partial charge < -0.3 is 5.32 Å². The fourth-order valence-corrected chi connectivity index (χ4v) is 2.78. The molecule has 0 unspecified atom stereocenters. The van der Waals surface area contributed by atoms with E-state index in [0.717, 1.165) is 18.5 Å². The zero-order valence-electron chi connectivity index (χ0n) is 13.1. The molecule has 0 bridgehead atoms. The molecule has 1 heterocycles. The van der Waals surface area contributed by atoms with Crippen LogP contribution >= 0.6 is 11.8 Å². The summed E-state index contributed by atoms with van der Waals surface area (Å²) in [7, 11) is 0. The number of hydrogen-bond acceptors (Lipinski definition) is 5. The number of carbonyl (C=O) groups excluding carboxylic acids is 1. The predicted octanol–water partition coefficient (Wildman–Crippen LogP) is 2.94. The average Bonchev–Trinajstić information content (AvgIpc) is 2.96. The van der Waals surface area contributed by atoms with Gasteiger partial charge in [-0.15, -0.1) is 5.10 Å². The second kappa shape index (κ2) is 7.93. The summed E-state index contributed by atoms with van der Waals surface area (Å²) in [5.74, 6) is 0.218. The first-order valence-electron chi connectivity index (χ1n) is 7.39. The number of amides is 1. The highest BCUT2D eigenvalue weighted by Crippen LogP contribution is 2.18. The lowest BCUT2D eigenvalue weighted by Crippen LogP contribution is -2.15. The lowest BCUT2D eigenvalue weighted by atomic mass is 10.1. The van der Waals surface area contributed by atoms with Crippen molar-refractivity contribution in [3.05, 3.63) is 29.8 Å². The molecule has 22 heavy (non-hydrogen) atoms. The number of rotatable bonds is 7. The monoisotopic (exact) mass is 319 g/mol. The van der Waals surface area contributed by atoms with Crippen LogP contribution in [-0.4, -0.2) is 31.9 Å². The van der Waals surface area contributed by atoms with E-state index in [1.165, 1.54) is 17.3 Å². The molecule has 7 heteroatoms. The number of benzene rings is 1. The lowest BCUT2D eigenvalue weighted by Gasteiger charge is -2.08. The van der Waals surface area contributed by atoms with Crippen molar-refractivity contribution in [1.29, 1.82) is 0 Å². The van der Waals surface area contributed by atoms with Crippen LogP contribution in [-0.2, 0) is 11.2 Å². The summed E-state index contributed by atoms with van der Waals surface area (Å²) in [6.07, 6.45) is 2.18. The van der Waals surface area contributed by atoms with E-state index >= 15 is 0 Å². The Morgan fingerprint density at radius 2 is 2.05 bits per heavy atom. The van der Waals surface area contributed by atoms with Crippen LogP contribution in [0.2, 0.25) is 0 Å². The summed E-state index contributed by atoms with van der Waals surface area (Å²) in [4.78, 5) is 12.0. The topological polar surface area (TPSA) is 72.7 Å². The van der Waals surface area contributed by atoms with Gasteiger partial charge in [-0.05, 0) is 48.4 Å². The smallest absolute Gasteiger partial charge is 0.234 e. The van der Waals surface area contributed by atoms with Crippen LogP contribution in [0.25, 0.3) is 0 Å². The maximum atomic E-state index is 12.0. The molecule has 2 aromatic rings. The molecule has 0 radical (unpaired) electrons. The number of thioether (sulfide) groups is 1. The van der Waals surface area contributed by atoms with Gasteiger partial charge in [0.1, 0.15) is 0 Å². The number of tetrazole rings is 1. The molecule has 0 aliphatic carbocycles. The van der Waals surface area contributed by atoms with Crippen LogP contribution < -0.4 is 5.32 Å². The molecular formula is C15H21N5OS. The molecule has 0 aliphatic rings. The summed E-state index contributed by atoms with van der Waals surface area (Å²) >= 11 is 1.34. The van der Waals surface area contributed by atoms with Gasteiger partial charge in [-0.3, -0.25) is 4.79 Å². The molecule has 6 nitrogen and oxygen atoms in total. The summed E-state index contributed by atoms with van der Waals surface area (Å²) in [5.41, 5.74) is 2.10. The van der Waals surface area contributed by atoms with E-state index in [1.807, 2.05) is 38.1 Å². The molecule has 118 valence electrons. The molecule has 0 spiro atoms. The van der Waals surface area contributed by atoms with E-state index in [9.17, 15) is 4.79 Å². The maximum Gasteiger partial charge on any atom is 0.234 e. The number of carbonyl (C=O) groups is 1. The Morgan fingerprint density at radius 3 is 2.68 bits per heavy atom. The Hall–Kier alpha value is -1.89. The van der Waals surface area contributed by atoms with Gasteiger partial charge in [0, 0.05) is 5.69 Å². The minimum absolute atomic E-state index is 0.0634. The second-order valence-corrected chi connectivity index (χ2v) is 6.23. The van der Waals surface area contributed by atoms with Crippen molar-refractivity contribution in [3.63, 3.8) is 0 Å². The lowest BCUT2D eigenvalue weighted by molar-refractivity contribution is -0.113. The quantitative estimate of drug-likeness (QED) is 0.794. The van der Waals surface area contributed by atoms with Crippen molar-refractivity contribution >= 4 is 23.4 Å². The van der Waals surface area contributed by atoms with Gasteiger partial charge in [-0.25, -0.2) is 4.68 Å². The first-order valence-corrected chi connectivity index (χ1v) is 8.38. The Labute approximate surface area is 134 Å². The van der Waals surface area contributed by atoms with Crippen molar-refractivity contribution in [2.24, 2.45) is 0 Å². The average molecular weight is 319 g/mol. The first-order chi connectivity index (χ1) is 10.6. The SMILES string of the molecule is CCCc1ccc(NC(=O)CSc2nnnn2C(C)C)cc1. The molecule has 0 aliphatic heterocycles. The number of aryl methyl sites for hydroxylation is 1. The number of hydrogen-bond donors (Lipinski definition) is 1. The maximum absolute atomic E-state index is 12.0. The van der Waals surface area contributed by atoms with Gasteiger partial charge in [0.05, 0.1) is 11.8 Å². The molecule has 0 saturated carbocycles. The third kappa shape index (κ3) is 4.56. The van der Waals surface area contributed by atoms with E-state index in [1.54, 1.807) is 4.68 Å². The van der Waals surface area contributed by atoms with Gasteiger partial charge in [0.15, 0.2) is 0 Å². The standard InChI is InChI=1S/C15H21N5OS/c1-4-5-12-6-8-13(9-7-12)16-14(21)10-22-15-17-18-19-20(15)11(2)3/h6-9,11H,4-5,10H2,1-3H3,(H,16,21). The van der Waals surface area contributed by atoms with Crippen LogP contribution in [0.5, 0.6) is 0 Å². The van der Waals surface area contributed by atoms with Gasteiger partial charge in [0.2, 0.25) is 11.1 Å². The summed E-state index contributed by atoms with van der Waals surface area (Å²) in [5, 5.41) is 15.0. The van der Waals surface area contributed by atoms with Crippen LogP contribution in [0, 0.1) is 0 Å². The molecule has 1 N–H and O–H groups in total. The third-order valence-corrected chi connectivity index (χ3v) is 3.99. The molecule has 1 aromatic carbocycles. The molecule has 0 fully saturated rings. The van der Waals surface area contributed by atoms with E-state index < -0.39 is 0 Å². The van der Waals surface area contributed by atoms with Gasteiger partial charge in [-0.2, -0.15) is 0 Å². The van der Waals surface area contributed by atoms with Crippen molar-refractivity contribution in [1.82, 2.24) is 20.2 Å². The van der Waals surface area contributed by atoms with Gasteiger partial charge in [0.25, 0.3) is 0 Å².